The van der Waals surface area contributed by atoms with Crippen molar-refractivity contribution >= 4 is 10.2 Å². The number of nitrogens with zero attached hydrogens (tertiary/aromatic N) is 1. The normalized spacial score (nSPS) is 28.0. The predicted molar refractivity (Wildman–Crippen MR) is 86.3 cm³/mol. The van der Waals surface area contributed by atoms with Gasteiger partial charge in [-0.05, 0) is 50.1 Å². The molecule has 1 unspecified atom stereocenters. The molecule has 1 saturated carbocycles. The SMILES string of the molecule is CCNCC1CCN(S(=O)(=O)NC2CCCC2(C)C)CC1. The van der Waals surface area contributed by atoms with Crippen molar-refractivity contribution in [3.63, 3.8) is 0 Å². The molecule has 0 aromatic rings. The maximum absolute atomic E-state index is 12.5. The van der Waals surface area contributed by atoms with Crippen LogP contribution in [-0.4, -0.2) is 44.9 Å². The van der Waals surface area contributed by atoms with Crippen LogP contribution >= 0.6 is 0 Å². The van der Waals surface area contributed by atoms with Gasteiger partial charge in [-0.2, -0.15) is 17.4 Å². The first-order valence-corrected chi connectivity index (χ1v) is 9.77. The van der Waals surface area contributed by atoms with E-state index in [9.17, 15) is 8.42 Å². The minimum absolute atomic E-state index is 0.0798. The highest BCUT2D eigenvalue weighted by atomic mass is 32.2. The van der Waals surface area contributed by atoms with Crippen LogP contribution in [0.15, 0.2) is 0 Å². The summed E-state index contributed by atoms with van der Waals surface area (Å²) in [6, 6.07) is 0.0852. The van der Waals surface area contributed by atoms with Crippen LogP contribution in [0.3, 0.4) is 0 Å². The molecule has 0 aromatic carbocycles. The van der Waals surface area contributed by atoms with E-state index in [1.807, 2.05) is 0 Å². The predicted octanol–water partition coefficient (Wildman–Crippen LogP) is 1.72. The molecule has 2 fully saturated rings. The molecule has 6 heteroatoms. The summed E-state index contributed by atoms with van der Waals surface area (Å²) in [7, 11) is -3.32. The van der Waals surface area contributed by atoms with Crippen molar-refractivity contribution in [3.8, 4) is 0 Å². The van der Waals surface area contributed by atoms with Crippen molar-refractivity contribution in [2.75, 3.05) is 26.2 Å². The van der Waals surface area contributed by atoms with Crippen LogP contribution in [0.25, 0.3) is 0 Å². The Kier molecular flexibility index (Phi) is 5.68. The first-order valence-electron chi connectivity index (χ1n) is 8.33. The van der Waals surface area contributed by atoms with Crippen LogP contribution in [0, 0.1) is 11.3 Å². The molecule has 2 N–H and O–H groups in total. The molecule has 2 aliphatic rings. The molecule has 1 atom stereocenters. The number of hydrogen-bond donors (Lipinski definition) is 2. The van der Waals surface area contributed by atoms with E-state index in [4.69, 9.17) is 0 Å². The summed E-state index contributed by atoms with van der Waals surface area (Å²) < 4.78 is 29.7. The van der Waals surface area contributed by atoms with E-state index >= 15 is 0 Å². The Labute approximate surface area is 130 Å². The summed E-state index contributed by atoms with van der Waals surface area (Å²) in [4.78, 5) is 0. The number of hydrogen-bond acceptors (Lipinski definition) is 3. The second-order valence-corrected chi connectivity index (χ2v) is 8.91. The Morgan fingerprint density at radius 3 is 2.38 bits per heavy atom. The van der Waals surface area contributed by atoms with Crippen molar-refractivity contribution in [1.29, 1.82) is 0 Å². The fraction of sp³-hybridized carbons (Fsp3) is 1.00. The maximum atomic E-state index is 12.5. The van der Waals surface area contributed by atoms with Crippen LogP contribution in [0.5, 0.6) is 0 Å². The summed E-state index contributed by atoms with van der Waals surface area (Å²) in [6.45, 7) is 9.72. The quantitative estimate of drug-likeness (QED) is 0.784. The lowest BCUT2D eigenvalue weighted by Crippen LogP contribution is -2.51. The van der Waals surface area contributed by atoms with Gasteiger partial charge < -0.3 is 5.32 Å². The van der Waals surface area contributed by atoms with Gasteiger partial charge in [0.25, 0.3) is 10.2 Å². The largest absolute Gasteiger partial charge is 0.317 e. The molecule has 1 saturated heterocycles. The molecule has 5 nitrogen and oxygen atoms in total. The first-order chi connectivity index (χ1) is 9.85. The molecular formula is C15H31N3O2S. The summed E-state index contributed by atoms with van der Waals surface area (Å²) in [6.07, 6.45) is 5.10. The third kappa shape index (κ3) is 4.41. The molecule has 0 spiro atoms. The van der Waals surface area contributed by atoms with E-state index in [1.165, 1.54) is 0 Å². The molecule has 21 heavy (non-hydrogen) atoms. The lowest BCUT2D eigenvalue weighted by molar-refractivity contribution is 0.256. The zero-order valence-electron chi connectivity index (χ0n) is 13.7. The second kappa shape index (κ2) is 6.94. The van der Waals surface area contributed by atoms with Gasteiger partial charge in [0.05, 0.1) is 0 Å². The molecule has 1 heterocycles. The molecule has 124 valence electrons. The van der Waals surface area contributed by atoms with Gasteiger partial charge in [0.2, 0.25) is 0 Å². The van der Waals surface area contributed by atoms with Crippen LogP contribution in [0.2, 0.25) is 0 Å². The lowest BCUT2D eigenvalue weighted by atomic mass is 9.88. The van der Waals surface area contributed by atoms with E-state index in [0.717, 1.165) is 45.2 Å². The van der Waals surface area contributed by atoms with E-state index in [-0.39, 0.29) is 11.5 Å². The lowest BCUT2D eigenvalue weighted by Gasteiger charge is -2.34. The Morgan fingerprint density at radius 1 is 1.19 bits per heavy atom. The van der Waals surface area contributed by atoms with Gasteiger partial charge in [-0.3, -0.25) is 0 Å². The van der Waals surface area contributed by atoms with Crippen LogP contribution in [0.1, 0.15) is 52.9 Å². The zero-order valence-corrected chi connectivity index (χ0v) is 14.5. The summed E-state index contributed by atoms with van der Waals surface area (Å²) in [5, 5.41) is 3.36. The summed E-state index contributed by atoms with van der Waals surface area (Å²) >= 11 is 0. The van der Waals surface area contributed by atoms with E-state index < -0.39 is 10.2 Å². The number of nitrogens with one attached hydrogen (secondary N) is 2. The molecule has 2 rings (SSSR count). The minimum Gasteiger partial charge on any atom is -0.317 e. The van der Waals surface area contributed by atoms with Gasteiger partial charge in [0, 0.05) is 19.1 Å². The fourth-order valence-corrected chi connectivity index (χ4v) is 5.14. The van der Waals surface area contributed by atoms with Crippen molar-refractivity contribution in [1.82, 2.24) is 14.3 Å². The van der Waals surface area contributed by atoms with E-state index in [0.29, 0.717) is 19.0 Å². The topological polar surface area (TPSA) is 61.4 Å². The van der Waals surface area contributed by atoms with Crippen molar-refractivity contribution in [2.24, 2.45) is 11.3 Å². The van der Waals surface area contributed by atoms with Gasteiger partial charge in [0.1, 0.15) is 0 Å². The Bertz CT molecular complexity index is 428. The Hall–Kier alpha value is -0.170. The third-order valence-electron chi connectivity index (χ3n) is 5.14. The third-order valence-corrected chi connectivity index (χ3v) is 6.77. The monoisotopic (exact) mass is 317 g/mol. The number of piperidine rings is 1. The van der Waals surface area contributed by atoms with E-state index in [2.05, 4.69) is 30.8 Å². The molecule has 1 aliphatic heterocycles. The molecule has 1 aliphatic carbocycles. The highest BCUT2D eigenvalue weighted by Gasteiger charge is 2.39. The summed E-state index contributed by atoms with van der Waals surface area (Å²) in [5.74, 6) is 0.610. The van der Waals surface area contributed by atoms with Crippen LogP contribution < -0.4 is 10.0 Å². The molecule has 0 radical (unpaired) electrons. The van der Waals surface area contributed by atoms with Gasteiger partial charge in [-0.25, -0.2) is 0 Å². The standard InChI is InChI=1S/C15H31N3O2S/c1-4-16-12-13-7-10-18(11-8-13)21(19,20)17-14-6-5-9-15(14,2)3/h13-14,16-17H,4-12H2,1-3H3. The van der Waals surface area contributed by atoms with Gasteiger partial charge >= 0.3 is 0 Å². The highest BCUT2D eigenvalue weighted by molar-refractivity contribution is 7.87. The second-order valence-electron chi connectivity index (χ2n) is 7.21. The maximum Gasteiger partial charge on any atom is 0.279 e. The Morgan fingerprint density at radius 2 is 1.86 bits per heavy atom. The molecule has 0 aromatic heterocycles. The minimum atomic E-state index is -3.32. The molecule has 0 bridgehead atoms. The van der Waals surface area contributed by atoms with Crippen molar-refractivity contribution < 1.29 is 8.42 Å². The highest BCUT2D eigenvalue weighted by Crippen LogP contribution is 2.37. The fourth-order valence-electron chi connectivity index (χ4n) is 3.50. The van der Waals surface area contributed by atoms with Crippen LogP contribution in [-0.2, 0) is 10.2 Å². The zero-order chi connectivity index (χ0) is 15.5. The van der Waals surface area contributed by atoms with Crippen molar-refractivity contribution in [2.45, 2.75) is 58.9 Å². The molecular weight excluding hydrogens is 286 g/mol. The van der Waals surface area contributed by atoms with Gasteiger partial charge in [-0.1, -0.05) is 27.2 Å². The molecule has 0 amide bonds. The van der Waals surface area contributed by atoms with E-state index in [1.54, 1.807) is 4.31 Å². The van der Waals surface area contributed by atoms with Gasteiger partial charge in [-0.15, -0.1) is 0 Å². The number of rotatable bonds is 6. The average Bonchev–Trinajstić information content (AvgIpc) is 2.75. The van der Waals surface area contributed by atoms with Gasteiger partial charge in [0.15, 0.2) is 0 Å². The van der Waals surface area contributed by atoms with Crippen molar-refractivity contribution in [3.05, 3.63) is 0 Å². The Balaban J connectivity index is 1.87. The first kappa shape index (κ1) is 17.2. The summed E-state index contributed by atoms with van der Waals surface area (Å²) in [5.41, 5.74) is 0.0798. The average molecular weight is 317 g/mol. The van der Waals surface area contributed by atoms with Crippen LogP contribution in [0.4, 0.5) is 0 Å². The smallest absolute Gasteiger partial charge is 0.279 e.